The molecular formula is C33H38FNO2Si. The maximum atomic E-state index is 13.8. The zero-order chi connectivity index (χ0) is 26.5. The van der Waals surface area contributed by atoms with Gasteiger partial charge in [-0.15, -0.1) is 0 Å². The summed E-state index contributed by atoms with van der Waals surface area (Å²) in [5, 5.41) is 6.16. The fraction of sp³-hybridized carbons (Fsp3) is 0.333. The Labute approximate surface area is 227 Å². The summed E-state index contributed by atoms with van der Waals surface area (Å²) in [4.78, 5) is 0. The molecule has 1 aliphatic rings. The average molecular weight is 528 g/mol. The maximum Gasteiger partial charge on any atom is 0.184 e. The molecule has 4 atom stereocenters. The van der Waals surface area contributed by atoms with Gasteiger partial charge in [0.2, 0.25) is 0 Å². The Bertz CT molecular complexity index is 1320. The van der Waals surface area contributed by atoms with Crippen LogP contribution in [0.5, 0.6) is 0 Å². The second-order valence-electron chi connectivity index (χ2n) is 11.4. The summed E-state index contributed by atoms with van der Waals surface area (Å²) < 4.78 is 27.4. The van der Waals surface area contributed by atoms with Gasteiger partial charge in [-0.3, -0.25) is 0 Å². The van der Waals surface area contributed by atoms with E-state index >= 15 is 0 Å². The molecule has 1 N–H and O–H groups in total. The molecular weight excluding hydrogens is 489 g/mol. The monoisotopic (exact) mass is 527 g/mol. The minimum atomic E-state index is -1.67. The van der Waals surface area contributed by atoms with Crippen LogP contribution in [-0.2, 0) is 15.9 Å². The first-order chi connectivity index (χ1) is 18.4. The van der Waals surface area contributed by atoms with Crippen molar-refractivity contribution < 1.29 is 13.9 Å². The topological polar surface area (TPSA) is 30.5 Å². The highest BCUT2D eigenvalue weighted by atomic mass is 28.3. The Hall–Kier alpha value is -2.83. The standard InChI is InChI=1S/C33H38FNO2Si/c1-38(2,3)32-31(30(19-21-35-32)26-15-17-29(34)18-16-26)37-33(36-22-20-24-9-5-4-6-10-24)28-14-13-25-11-7-8-12-27(25)23-28/h4-18,23,30-33,35H,19-22H2,1-3H3. The van der Waals surface area contributed by atoms with Crippen LogP contribution in [0.2, 0.25) is 19.6 Å². The molecule has 0 aliphatic carbocycles. The van der Waals surface area contributed by atoms with Crippen LogP contribution < -0.4 is 5.32 Å². The number of fused-ring (bicyclic) bond motifs is 1. The molecule has 0 radical (unpaired) electrons. The zero-order valence-electron chi connectivity index (χ0n) is 22.6. The Morgan fingerprint density at radius 1 is 0.868 bits per heavy atom. The van der Waals surface area contributed by atoms with E-state index in [-0.39, 0.29) is 23.5 Å². The van der Waals surface area contributed by atoms with Crippen molar-refractivity contribution in [3.63, 3.8) is 0 Å². The van der Waals surface area contributed by atoms with Crippen molar-refractivity contribution in [3.8, 4) is 0 Å². The third-order valence-electron chi connectivity index (χ3n) is 7.61. The normalized spacial score (nSPS) is 20.9. The zero-order valence-corrected chi connectivity index (χ0v) is 23.6. The summed E-state index contributed by atoms with van der Waals surface area (Å²) in [5.74, 6) is -0.0468. The number of hydrogen-bond acceptors (Lipinski definition) is 3. The quantitative estimate of drug-likeness (QED) is 0.179. The Morgan fingerprint density at radius 3 is 2.32 bits per heavy atom. The van der Waals surface area contributed by atoms with E-state index in [2.05, 4.69) is 91.7 Å². The van der Waals surface area contributed by atoms with Crippen LogP contribution in [0.3, 0.4) is 0 Å². The molecule has 0 amide bonds. The van der Waals surface area contributed by atoms with E-state index in [0.29, 0.717) is 6.61 Å². The molecule has 4 unspecified atom stereocenters. The van der Waals surface area contributed by atoms with E-state index in [0.717, 1.165) is 30.5 Å². The molecule has 198 valence electrons. The molecule has 0 aromatic heterocycles. The lowest BCUT2D eigenvalue weighted by Gasteiger charge is -2.45. The van der Waals surface area contributed by atoms with Crippen LogP contribution in [0.4, 0.5) is 4.39 Å². The van der Waals surface area contributed by atoms with Crippen molar-refractivity contribution in [2.75, 3.05) is 13.2 Å². The number of benzene rings is 4. The molecule has 1 heterocycles. The summed E-state index contributed by atoms with van der Waals surface area (Å²) in [6.45, 7) is 8.63. The fourth-order valence-corrected chi connectivity index (χ4v) is 7.64. The Balaban J connectivity index is 1.47. The number of nitrogens with one attached hydrogen (secondary N) is 1. The predicted octanol–water partition coefficient (Wildman–Crippen LogP) is 7.65. The second kappa shape index (κ2) is 11.9. The number of halogens is 1. The average Bonchev–Trinajstić information content (AvgIpc) is 2.93. The van der Waals surface area contributed by atoms with Gasteiger partial charge in [-0.25, -0.2) is 4.39 Å². The molecule has 3 nitrogen and oxygen atoms in total. The number of hydrogen-bond donors (Lipinski definition) is 1. The van der Waals surface area contributed by atoms with E-state index < -0.39 is 14.4 Å². The van der Waals surface area contributed by atoms with Crippen molar-refractivity contribution in [2.24, 2.45) is 0 Å². The van der Waals surface area contributed by atoms with Gasteiger partial charge in [0.1, 0.15) is 5.82 Å². The van der Waals surface area contributed by atoms with Gasteiger partial charge < -0.3 is 14.8 Å². The van der Waals surface area contributed by atoms with Crippen LogP contribution in [0.25, 0.3) is 10.8 Å². The SMILES string of the molecule is C[Si](C)(C)C1NCCC(c2ccc(F)cc2)C1OC(OCCc1ccccc1)c1ccc2ccccc2c1. The molecule has 1 saturated heterocycles. The Kier molecular flexibility index (Phi) is 8.39. The van der Waals surface area contributed by atoms with Crippen LogP contribution in [0.1, 0.15) is 35.3 Å². The predicted molar refractivity (Wildman–Crippen MR) is 157 cm³/mol. The smallest absolute Gasteiger partial charge is 0.184 e. The molecule has 4 aromatic carbocycles. The van der Waals surface area contributed by atoms with Gasteiger partial charge in [0.05, 0.1) is 20.8 Å². The van der Waals surface area contributed by atoms with Crippen LogP contribution in [0.15, 0.2) is 97.1 Å². The summed E-state index contributed by atoms with van der Waals surface area (Å²) in [6.07, 6.45) is 1.16. The summed E-state index contributed by atoms with van der Waals surface area (Å²) in [6, 6.07) is 32.2. The van der Waals surface area contributed by atoms with Gasteiger partial charge in [-0.2, -0.15) is 0 Å². The number of rotatable bonds is 9. The summed E-state index contributed by atoms with van der Waals surface area (Å²) in [7, 11) is -1.67. The highest BCUT2D eigenvalue weighted by molar-refractivity contribution is 6.77. The van der Waals surface area contributed by atoms with E-state index in [1.807, 2.05) is 18.2 Å². The molecule has 1 fully saturated rings. The first kappa shape index (κ1) is 26.8. The molecule has 0 saturated carbocycles. The molecule has 0 spiro atoms. The molecule has 0 bridgehead atoms. The van der Waals surface area contributed by atoms with Crippen molar-refractivity contribution in [1.82, 2.24) is 5.32 Å². The Morgan fingerprint density at radius 2 is 1.58 bits per heavy atom. The lowest BCUT2D eigenvalue weighted by Crippen LogP contribution is -2.61. The lowest BCUT2D eigenvalue weighted by molar-refractivity contribution is -0.186. The van der Waals surface area contributed by atoms with Gasteiger partial charge in [-0.1, -0.05) is 98.5 Å². The third kappa shape index (κ3) is 6.41. The van der Waals surface area contributed by atoms with Gasteiger partial charge >= 0.3 is 0 Å². The first-order valence-electron chi connectivity index (χ1n) is 13.7. The van der Waals surface area contributed by atoms with Crippen LogP contribution in [-0.4, -0.2) is 33.0 Å². The van der Waals surface area contributed by atoms with Crippen molar-refractivity contribution in [2.45, 2.75) is 56.5 Å². The first-order valence-corrected chi connectivity index (χ1v) is 17.2. The highest BCUT2D eigenvalue weighted by Crippen LogP contribution is 2.37. The lowest BCUT2D eigenvalue weighted by atomic mass is 9.87. The summed E-state index contributed by atoms with van der Waals surface area (Å²) >= 11 is 0. The van der Waals surface area contributed by atoms with Gasteiger partial charge in [0, 0.05) is 17.1 Å². The number of ether oxygens (including phenoxy) is 2. The fourth-order valence-electron chi connectivity index (χ4n) is 5.59. The molecule has 5 rings (SSSR count). The van der Waals surface area contributed by atoms with Crippen LogP contribution >= 0.6 is 0 Å². The summed E-state index contributed by atoms with van der Waals surface area (Å²) in [5.41, 5.74) is 3.64. The molecule has 38 heavy (non-hydrogen) atoms. The van der Waals surface area contributed by atoms with Crippen molar-refractivity contribution >= 4 is 18.8 Å². The molecule has 1 aliphatic heterocycles. The van der Waals surface area contributed by atoms with E-state index in [4.69, 9.17) is 9.47 Å². The highest BCUT2D eigenvalue weighted by Gasteiger charge is 2.43. The minimum absolute atomic E-state index is 0.0888. The largest absolute Gasteiger partial charge is 0.348 e. The molecule has 5 heteroatoms. The van der Waals surface area contributed by atoms with Gasteiger partial charge in [0.25, 0.3) is 0 Å². The van der Waals surface area contributed by atoms with Gasteiger partial charge in [-0.05, 0) is 59.5 Å². The van der Waals surface area contributed by atoms with Crippen molar-refractivity contribution in [3.05, 3.63) is 120 Å². The van der Waals surface area contributed by atoms with E-state index in [9.17, 15) is 4.39 Å². The number of piperidine rings is 1. The van der Waals surface area contributed by atoms with Gasteiger partial charge in [0.15, 0.2) is 6.29 Å². The van der Waals surface area contributed by atoms with E-state index in [1.165, 1.54) is 16.3 Å². The van der Waals surface area contributed by atoms with E-state index in [1.54, 1.807) is 12.1 Å². The molecule has 4 aromatic rings. The minimum Gasteiger partial charge on any atom is -0.348 e. The third-order valence-corrected chi connectivity index (χ3v) is 10.0. The maximum absolute atomic E-state index is 13.8. The van der Waals surface area contributed by atoms with Crippen LogP contribution in [0, 0.1) is 5.82 Å². The van der Waals surface area contributed by atoms with Crippen molar-refractivity contribution in [1.29, 1.82) is 0 Å². The second-order valence-corrected chi connectivity index (χ2v) is 16.7.